The summed E-state index contributed by atoms with van der Waals surface area (Å²) < 4.78 is 21.7. The van der Waals surface area contributed by atoms with Gasteiger partial charge in [-0.1, -0.05) is 0 Å². The van der Waals surface area contributed by atoms with E-state index in [1.807, 2.05) is 0 Å². The number of halogens is 2. The predicted octanol–water partition coefficient (Wildman–Crippen LogP) is -2.26. The van der Waals surface area contributed by atoms with Crippen molar-refractivity contribution in [1.29, 1.82) is 0 Å². The molecule has 0 radical (unpaired) electrons. The van der Waals surface area contributed by atoms with E-state index in [9.17, 15) is 0 Å². The summed E-state index contributed by atoms with van der Waals surface area (Å²) in [5, 5.41) is 0. The van der Waals surface area contributed by atoms with Crippen LogP contribution in [0.4, 0.5) is 0 Å². The molecular formula is H3Cl2LiO3. The first-order valence-electron chi connectivity index (χ1n) is 0.492. The van der Waals surface area contributed by atoms with Crippen LogP contribution < -0.4 is 4.66 Å². The Morgan fingerprint density at radius 3 is 1.50 bits per heavy atom. The third kappa shape index (κ3) is 74.5. The van der Waals surface area contributed by atoms with Gasteiger partial charge in [-0.2, -0.15) is 0 Å². The minimum atomic E-state index is -0.167. The molecule has 0 spiro atoms. The van der Waals surface area contributed by atoms with Crippen LogP contribution in [-0.4, -0.2) is 28.2 Å². The van der Waals surface area contributed by atoms with Crippen LogP contribution in [0, 0.1) is 11.3 Å². The average molecular weight is 129 g/mol. The van der Waals surface area contributed by atoms with Gasteiger partial charge in [-0.15, -0.1) is 4.66 Å². The molecule has 0 heterocycles. The Morgan fingerprint density at radius 1 is 1.50 bits per heavy atom. The van der Waals surface area contributed by atoms with Crippen LogP contribution in [0.1, 0.15) is 0 Å². The molecule has 0 rings (SSSR count). The molecule has 0 aliphatic carbocycles. The summed E-state index contributed by atoms with van der Waals surface area (Å²) in [6.45, 7) is 0. The maximum atomic E-state index is 8.35. The Morgan fingerprint density at radius 2 is 1.50 bits per heavy atom. The summed E-state index contributed by atoms with van der Waals surface area (Å²) in [5.41, 5.74) is 0. The van der Waals surface area contributed by atoms with Gasteiger partial charge in [0, 0.05) is 0 Å². The Balaban J connectivity index is -0.0000000275. The third-order valence-electron chi connectivity index (χ3n) is 0. The second-order valence-electron chi connectivity index (χ2n) is 0.0690. The van der Waals surface area contributed by atoms with E-state index < -0.39 is 0 Å². The van der Waals surface area contributed by atoms with Gasteiger partial charge < -0.3 is 4.66 Å². The molecule has 0 atom stereocenters. The topological polar surface area (TPSA) is 63.5 Å². The standard InChI is InChI=1S/ClHO2.ClHO.Li.H/c2-1-3;1-2;;/h2H;2H;;. The molecule has 0 unspecified atom stereocenters. The van der Waals surface area contributed by atoms with Gasteiger partial charge in [-0.05, 0) is 0 Å². The van der Waals surface area contributed by atoms with Gasteiger partial charge in [-0.25, -0.2) is 0 Å². The largest absolute Gasteiger partial charge is 0.506 e. The summed E-state index contributed by atoms with van der Waals surface area (Å²) in [5.74, 6) is 0. The first kappa shape index (κ1) is 15.7. The number of rotatable bonds is 0. The molecule has 3 nitrogen and oxygen atoms in total. The maximum Gasteiger partial charge on any atom is 0.327 e. The van der Waals surface area contributed by atoms with E-state index >= 15 is 0 Å². The molecule has 0 aliphatic heterocycles. The van der Waals surface area contributed by atoms with E-state index in [-0.39, 0.29) is 30.2 Å². The Labute approximate surface area is 56.3 Å². The van der Waals surface area contributed by atoms with Crippen LogP contribution in [-0.2, 0) is 0 Å². The van der Waals surface area contributed by atoms with E-state index in [2.05, 4.69) is 11.9 Å². The van der Waals surface area contributed by atoms with Crippen molar-refractivity contribution in [3.05, 3.63) is 0 Å². The molecule has 36 valence electrons. The first-order valence-corrected chi connectivity index (χ1v) is 1.48. The van der Waals surface area contributed by atoms with E-state index in [0.717, 1.165) is 0 Å². The van der Waals surface area contributed by atoms with Gasteiger partial charge in [0.25, 0.3) is 0 Å². The monoisotopic (exact) mass is 128 g/mol. The van der Waals surface area contributed by atoms with Crippen LogP contribution >= 0.6 is 11.9 Å². The molecule has 0 bridgehead atoms. The van der Waals surface area contributed by atoms with Gasteiger partial charge in [0.2, 0.25) is 0 Å². The summed E-state index contributed by atoms with van der Waals surface area (Å²) in [6, 6.07) is 0. The molecule has 0 fully saturated rings. The number of hydrogen-bond donors (Lipinski definition) is 2. The second kappa shape index (κ2) is 36.6. The van der Waals surface area contributed by atoms with E-state index in [0.29, 0.717) is 0 Å². The van der Waals surface area contributed by atoms with Gasteiger partial charge in [-0.3, -0.25) is 4.66 Å². The van der Waals surface area contributed by atoms with Gasteiger partial charge in [0.05, 0.1) is 11.9 Å². The zero-order valence-electron chi connectivity index (χ0n) is 2.06. The zero-order valence-corrected chi connectivity index (χ0v) is 3.57. The first-order chi connectivity index (χ1) is 2.41. The minimum absolute atomic E-state index is 0. The Kier molecular flexibility index (Phi) is 96.0. The van der Waals surface area contributed by atoms with Crippen LogP contribution in [0.2, 0.25) is 0 Å². The Hall–Kier alpha value is 1.06. The second-order valence-corrected chi connectivity index (χ2v) is 0.207. The molecule has 0 aromatic rings. The van der Waals surface area contributed by atoms with E-state index in [1.165, 1.54) is 0 Å². The zero-order chi connectivity index (χ0) is 4.71. The summed E-state index contributed by atoms with van der Waals surface area (Å²) in [7, 11) is 0. The van der Waals surface area contributed by atoms with Crippen molar-refractivity contribution in [3.63, 3.8) is 0 Å². The van der Waals surface area contributed by atoms with Gasteiger partial charge in [0.1, 0.15) is 0 Å². The summed E-state index contributed by atoms with van der Waals surface area (Å²) in [4.78, 5) is 0. The smallest absolute Gasteiger partial charge is 0.327 e. The summed E-state index contributed by atoms with van der Waals surface area (Å²) in [6.07, 6.45) is 0. The molecule has 0 aromatic carbocycles. The van der Waals surface area contributed by atoms with E-state index in [4.69, 9.17) is 14.0 Å². The third-order valence-corrected chi connectivity index (χ3v) is 0. The molecule has 2 N–H and O–H groups in total. The molecule has 0 saturated carbocycles. The molecule has 0 amide bonds. The van der Waals surface area contributed by atoms with Crippen molar-refractivity contribution >= 4 is 30.7 Å². The van der Waals surface area contributed by atoms with Crippen molar-refractivity contribution in [3.8, 4) is 0 Å². The van der Waals surface area contributed by atoms with Gasteiger partial charge >= 0.3 is 30.2 Å². The normalized spacial score (nSPS) is 4.00. The molecule has 0 aromatic heterocycles. The van der Waals surface area contributed by atoms with Gasteiger partial charge in [0.15, 0.2) is 0 Å². The molecule has 6 heteroatoms. The quantitative estimate of drug-likeness (QED) is 0.362. The van der Waals surface area contributed by atoms with Crippen molar-refractivity contribution in [2.24, 2.45) is 0 Å². The molecular weight excluding hydrogens is 126 g/mol. The van der Waals surface area contributed by atoms with Crippen LogP contribution in [0.25, 0.3) is 0 Å². The van der Waals surface area contributed by atoms with Crippen molar-refractivity contribution in [2.75, 3.05) is 0 Å². The number of hydrogen-bond acceptors (Lipinski definition) is 3. The fourth-order valence-corrected chi connectivity index (χ4v) is 0. The fraction of sp³-hybridized carbons (Fsp3) is 0. The minimum Gasteiger partial charge on any atom is -0.506 e. The SMILES string of the molecule is OCl.[LiH].[O-][Cl+]O. The van der Waals surface area contributed by atoms with Crippen LogP contribution in [0.15, 0.2) is 0 Å². The van der Waals surface area contributed by atoms with Crippen LogP contribution in [0.3, 0.4) is 0 Å². The molecule has 6 heavy (non-hydrogen) atoms. The van der Waals surface area contributed by atoms with Crippen LogP contribution in [0.5, 0.6) is 0 Å². The summed E-state index contributed by atoms with van der Waals surface area (Å²) >= 11 is 3.47. The van der Waals surface area contributed by atoms with E-state index in [1.54, 1.807) is 0 Å². The Bertz CT molecular complexity index is 8.75. The molecule has 0 aliphatic rings. The molecule has 0 saturated heterocycles. The fourth-order valence-electron chi connectivity index (χ4n) is 0. The van der Waals surface area contributed by atoms with Crippen molar-refractivity contribution < 1.29 is 25.3 Å². The average Bonchev–Trinajstić information content (AvgIpc) is 1.46. The maximum absolute atomic E-state index is 8.35. The predicted molar refractivity (Wildman–Crippen MR) is 17.4 cm³/mol. The van der Waals surface area contributed by atoms with Crippen molar-refractivity contribution in [1.82, 2.24) is 0 Å². The van der Waals surface area contributed by atoms with Crippen molar-refractivity contribution in [2.45, 2.75) is 0 Å².